The molecule has 0 spiro atoms. The van der Waals surface area contributed by atoms with Crippen molar-refractivity contribution >= 4 is 17.4 Å². The van der Waals surface area contributed by atoms with Gasteiger partial charge in [0.25, 0.3) is 0 Å². The molecule has 0 bridgehead atoms. The van der Waals surface area contributed by atoms with Crippen molar-refractivity contribution in [1.29, 1.82) is 0 Å². The molecule has 2 N–H and O–H groups in total. The number of hydrogen-bond acceptors (Lipinski definition) is 7. The summed E-state index contributed by atoms with van der Waals surface area (Å²) in [5.41, 5.74) is 1.09. The molecule has 2 aromatic heterocycles. The number of rotatable bonds is 6. The Kier molecular flexibility index (Phi) is 4.27. The van der Waals surface area contributed by atoms with Gasteiger partial charge in [0, 0.05) is 18.3 Å². The number of aryl methyl sites for hydroxylation is 1. The van der Waals surface area contributed by atoms with Crippen LogP contribution in [-0.4, -0.2) is 28.8 Å². The highest BCUT2D eigenvalue weighted by Gasteiger charge is 2.11. The summed E-state index contributed by atoms with van der Waals surface area (Å²) in [6.45, 7) is 4.71. The lowest BCUT2D eigenvalue weighted by atomic mass is 10.3. The zero-order valence-corrected chi connectivity index (χ0v) is 11.5. The summed E-state index contributed by atoms with van der Waals surface area (Å²) >= 11 is 1.66. The third-order valence-electron chi connectivity index (χ3n) is 2.57. The van der Waals surface area contributed by atoms with E-state index in [1.807, 2.05) is 20.9 Å². The van der Waals surface area contributed by atoms with Crippen LogP contribution in [0.1, 0.15) is 29.6 Å². The van der Waals surface area contributed by atoms with E-state index in [1.165, 1.54) is 0 Å². The van der Waals surface area contributed by atoms with Crippen molar-refractivity contribution in [3.63, 3.8) is 0 Å². The average molecular weight is 267 g/mol. The molecule has 0 amide bonds. The summed E-state index contributed by atoms with van der Waals surface area (Å²) in [5, 5.41) is 17.2. The molecule has 0 saturated heterocycles. The fraction of sp³-hybridized carbons (Fsp3) is 0.545. The van der Waals surface area contributed by atoms with Crippen LogP contribution in [0.15, 0.2) is 9.80 Å². The lowest BCUT2D eigenvalue weighted by Gasteiger charge is -2.02. The van der Waals surface area contributed by atoms with Gasteiger partial charge in [-0.15, -0.1) is 16.4 Å². The topological polar surface area (TPSA) is 75.9 Å². The maximum absolute atomic E-state index is 5.47. The van der Waals surface area contributed by atoms with Crippen LogP contribution in [0.5, 0.6) is 0 Å². The number of thiazole rings is 1. The van der Waals surface area contributed by atoms with Crippen LogP contribution in [0.2, 0.25) is 0 Å². The minimum absolute atomic E-state index is 0.0641. The second-order valence-corrected chi connectivity index (χ2v) is 5.05. The third kappa shape index (κ3) is 3.27. The number of hydrogen-bond donors (Lipinski definition) is 2. The molecule has 0 aromatic carbocycles. The predicted molar refractivity (Wildman–Crippen MR) is 70.8 cm³/mol. The smallest absolute Gasteiger partial charge is 0.315 e. The maximum atomic E-state index is 5.47. The molecule has 2 rings (SSSR count). The van der Waals surface area contributed by atoms with E-state index in [0.717, 1.165) is 23.7 Å². The summed E-state index contributed by atoms with van der Waals surface area (Å²) in [5.74, 6) is 0.588. The summed E-state index contributed by atoms with van der Waals surface area (Å²) in [4.78, 5) is 4.39. The Morgan fingerprint density at radius 1 is 1.44 bits per heavy atom. The second-order valence-electron chi connectivity index (χ2n) is 3.99. The van der Waals surface area contributed by atoms with E-state index in [-0.39, 0.29) is 6.04 Å². The van der Waals surface area contributed by atoms with E-state index in [9.17, 15) is 0 Å². The fourth-order valence-corrected chi connectivity index (χ4v) is 2.07. The third-order valence-corrected chi connectivity index (χ3v) is 3.39. The number of anilines is 1. The summed E-state index contributed by atoms with van der Waals surface area (Å²) in [6.07, 6.45) is 0.851. The molecule has 0 aliphatic rings. The molecule has 1 atom stereocenters. The SMILES string of the molecule is CNC(C)c1nnc(NCCc2csc(C)n2)o1. The second kappa shape index (κ2) is 5.92. The Morgan fingerprint density at radius 3 is 2.94 bits per heavy atom. The van der Waals surface area contributed by atoms with E-state index in [0.29, 0.717) is 11.9 Å². The van der Waals surface area contributed by atoms with Crippen molar-refractivity contribution in [3.05, 3.63) is 22.0 Å². The highest BCUT2D eigenvalue weighted by molar-refractivity contribution is 7.09. The molecule has 0 aliphatic carbocycles. The van der Waals surface area contributed by atoms with E-state index in [2.05, 4.69) is 31.2 Å². The number of aromatic nitrogens is 3. The minimum atomic E-state index is 0.0641. The van der Waals surface area contributed by atoms with Gasteiger partial charge in [0.2, 0.25) is 5.89 Å². The first-order chi connectivity index (χ1) is 8.69. The van der Waals surface area contributed by atoms with Crippen molar-refractivity contribution in [2.75, 3.05) is 18.9 Å². The van der Waals surface area contributed by atoms with E-state index in [4.69, 9.17) is 4.42 Å². The van der Waals surface area contributed by atoms with Gasteiger partial charge in [0.15, 0.2) is 0 Å². The van der Waals surface area contributed by atoms with Gasteiger partial charge >= 0.3 is 6.01 Å². The van der Waals surface area contributed by atoms with Crippen molar-refractivity contribution in [1.82, 2.24) is 20.5 Å². The molecule has 0 radical (unpaired) electrons. The number of nitrogens with one attached hydrogen (secondary N) is 2. The molecule has 6 nitrogen and oxygen atoms in total. The Hall–Kier alpha value is -1.47. The number of nitrogens with zero attached hydrogens (tertiary/aromatic N) is 3. The van der Waals surface area contributed by atoms with E-state index >= 15 is 0 Å². The Bertz CT molecular complexity index is 495. The van der Waals surface area contributed by atoms with E-state index in [1.54, 1.807) is 11.3 Å². The van der Waals surface area contributed by atoms with Gasteiger partial charge in [-0.05, 0) is 20.9 Å². The summed E-state index contributed by atoms with van der Waals surface area (Å²) in [6, 6.07) is 0.522. The molecular weight excluding hydrogens is 250 g/mol. The largest absolute Gasteiger partial charge is 0.406 e. The molecule has 2 aromatic rings. The van der Waals surface area contributed by atoms with Crippen molar-refractivity contribution in [2.24, 2.45) is 0 Å². The summed E-state index contributed by atoms with van der Waals surface area (Å²) < 4.78 is 5.47. The molecular formula is C11H17N5OS. The Morgan fingerprint density at radius 2 is 2.28 bits per heavy atom. The quantitative estimate of drug-likeness (QED) is 0.830. The molecule has 18 heavy (non-hydrogen) atoms. The predicted octanol–water partition coefficient (Wildman–Crippen LogP) is 1.77. The van der Waals surface area contributed by atoms with Gasteiger partial charge in [0.05, 0.1) is 16.7 Å². The molecule has 98 valence electrons. The van der Waals surface area contributed by atoms with Gasteiger partial charge in [0.1, 0.15) is 0 Å². The molecule has 0 fully saturated rings. The first-order valence-electron chi connectivity index (χ1n) is 5.84. The van der Waals surface area contributed by atoms with Crippen LogP contribution in [0, 0.1) is 6.92 Å². The molecule has 0 aliphatic heterocycles. The molecule has 0 saturated carbocycles. The highest BCUT2D eigenvalue weighted by Crippen LogP contribution is 2.13. The average Bonchev–Trinajstić information content (AvgIpc) is 2.98. The molecule has 7 heteroatoms. The standard InChI is InChI=1S/C11H17N5OS/c1-7(12-3)10-15-16-11(17-10)13-5-4-9-6-18-8(2)14-9/h6-7,12H,4-5H2,1-3H3,(H,13,16). The van der Waals surface area contributed by atoms with Crippen molar-refractivity contribution in [2.45, 2.75) is 26.3 Å². The van der Waals surface area contributed by atoms with Crippen molar-refractivity contribution < 1.29 is 4.42 Å². The van der Waals surface area contributed by atoms with Crippen LogP contribution in [0.4, 0.5) is 6.01 Å². The van der Waals surface area contributed by atoms with Crippen LogP contribution in [0.3, 0.4) is 0 Å². The Labute approximate surface area is 110 Å². The van der Waals surface area contributed by atoms with Crippen LogP contribution in [-0.2, 0) is 6.42 Å². The zero-order valence-electron chi connectivity index (χ0n) is 10.7. The first kappa shape index (κ1) is 13.0. The highest BCUT2D eigenvalue weighted by atomic mass is 32.1. The summed E-state index contributed by atoms with van der Waals surface area (Å²) in [7, 11) is 1.85. The first-order valence-corrected chi connectivity index (χ1v) is 6.72. The lowest BCUT2D eigenvalue weighted by molar-refractivity contribution is 0.441. The Balaban J connectivity index is 1.81. The molecule has 1 unspecified atom stereocenters. The van der Waals surface area contributed by atoms with Gasteiger partial charge < -0.3 is 15.1 Å². The van der Waals surface area contributed by atoms with Gasteiger partial charge in [-0.1, -0.05) is 5.10 Å². The zero-order chi connectivity index (χ0) is 13.0. The van der Waals surface area contributed by atoms with Crippen LogP contribution >= 0.6 is 11.3 Å². The van der Waals surface area contributed by atoms with Crippen LogP contribution < -0.4 is 10.6 Å². The maximum Gasteiger partial charge on any atom is 0.315 e. The van der Waals surface area contributed by atoms with Gasteiger partial charge in [-0.25, -0.2) is 4.98 Å². The lowest BCUT2D eigenvalue weighted by Crippen LogP contribution is -2.12. The van der Waals surface area contributed by atoms with E-state index < -0.39 is 0 Å². The minimum Gasteiger partial charge on any atom is -0.406 e. The van der Waals surface area contributed by atoms with Gasteiger partial charge in [-0.3, -0.25) is 0 Å². The van der Waals surface area contributed by atoms with Crippen molar-refractivity contribution in [3.8, 4) is 0 Å². The fourth-order valence-electron chi connectivity index (χ4n) is 1.43. The monoisotopic (exact) mass is 267 g/mol. The molecule has 2 heterocycles. The van der Waals surface area contributed by atoms with Gasteiger partial charge in [-0.2, -0.15) is 0 Å². The normalized spacial score (nSPS) is 12.6. The van der Waals surface area contributed by atoms with Crippen LogP contribution in [0.25, 0.3) is 0 Å².